The minimum absolute atomic E-state index is 0.0714. The number of benzene rings is 1. The molecule has 0 amide bonds. The summed E-state index contributed by atoms with van der Waals surface area (Å²) in [6.45, 7) is 3.59. The Morgan fingerprint density at radius 1 is 1.35 bits per heavy atom. The Morgan fingerprint density at radius 2 is 2.12 bits per heavy atom. The van der Waals surface area contributed by atoms with Crippen LogP contribution in [0.2, 0.25) is 0 Å². The van der Waals surface area contributed by atoms with Crippen molar-refractivity contribution in [3.8, 4) is 0 Å². The van der Waals surface area contributed by atoms with Gasteiger partial charge in [0.15, 0.2) is 11.4 Å². The van der Waals surface area contributed by atoms with Crippen molar-refractivity contribution < 1.29 is 14.3 Å². The van der Waals surface area contributed by atoms with E-state index in [1.165, 1.54) is 12.7 Å². The molecule has 0 aromatic heterocycles. The first kappa shape index (κ1) is 16.1. The average Bonchev–Trinajstić information content (AvgIpc) is 3.03. The minimum Gasteiger partial charge on any atom is -0.469 e. The van der Waals surface area contributed by atoms with Crippen LogP contribution in [0.5, 0.6) is 0 Å². The van der Waals surface area contributed by atoms with E-state index in [9.17, 15) is 9.59 Å². The predicted octanol–water partition coefficient (Wildman–Crippen LogP) is 2.11. The van der Waals surface area contributed by atoms with Crippen molar-refractivity contribution in [1.29, 1.82) is 0 Å². The van der Waals surface area contributed by atoms with Gasteiger partial charge in [-0.05, 0) is 25.0 Å². The molecule has 0 radical (unpaired) electrons. The van der Waals surface area contributed by atoms with E-state index in [1.54, 1.807) is 0 Å². The Bertz CT molecular complexity index is 863. The van der Waals surface area contributed by atoms with Crippen LogP contribution in [0, 0.1) is 11.8 Å². The van der Waals surface area contributed by atoms with Gasteiger partial charge in [0.25, 0.3) is 0 Å². The Morgan fingerprint density at radius 3 is 2.85 bits per heavy atom. The first-order chi connectivity index (χ1) is 12.5. The monoisotopic (exact) mass is 352 g/mol. The molecule has 1 aromatic rings. The summed E-state index contributed by atoms with van der Waals surface area (Å²) in [7, 11) is 3.49. The molecule has 0 N–H and O–H groups in total. The molecule has 5 atom stereocenters. The number of carbonyl (C=O) groups is 2. The number of likely N-dealkylation sites (N-methyl/N-ethyl adjacent to an activating group) is 1. The molecule has 6 rings (SSSR count). The van der Waals surface area contributed by atoms with E-state index >= 15 is 0 Å². The highest BCUT2D eigenvalue weighted by atomic mass is 16.5. The normalized spacial score (nSPS) is 41.2. The van der Waals surface area contributed by atoms with Crippen molar-refractivity contribution in [2.24, 2.45) is 11.8 Å². The van der Waals surface area contributed by atoms with E-state index in [4.69, 9.17) is 4.74 Å². The molecule has 5 heteroatoms. The summed E-state index contributed by atoms with van der Waals surface area (Å²) < 4.78 is 5.31. The highest BCUT2D eigenvalue weighted by molar-refractivity contribution is 6.02. The van der Waals surface area contributed by atoms with Gasteiger partial charge in [-0.2, -0.15) is 0 Å². The van der Waals surface area contributed by atoms with Crippen molar-refractivity contribution in [3.05, 3.63) is 41.5 Å². The lowest BCUT2D eigenvalue weighted by molar-refractivity contribution is -0.157. The zero-order valence-corrected chi connectivity index (χ0v) is 15.5. The number of Topliss-reactive ketones (excluding diaryl/α,β-unsaturated/α-hetero) is 1. The fourth-order valence-electron chi connectivity index (χ4n) is 6.71. The molecular formula is C21H24N2O3. The largest absolute Gasteiger partial charge is 0.469 e. The molecule has 1 unspecified atom stereocenters. The summed E-state index contributed by atoms with van der Waals surface area (Å²) in [5.74, 6) is -0.330. The second-order valence-corrected chi connectivity index (χ2v) is 7.99. The molecule has 4 aliphatic heterocycles. The van der Waals surface area contributed by atoms with E-state index in [2.05, 4.69) is 28.0 Å². The van der Waals surface area contributed by atoms with Gasteiger partial charge in [0.2, 0.25) is 0 Å². The molecule has 4 bridgehead atoms. The zero-order valence-electron chi connectivity index (χ0n) is 15.5. The fraction of sp³-hybridized carbons (Fsp3) is 0.524. The molecule has 1 aromatic carbocycles. The summed E-state index contributed by atoms with van der Waals surface area (Å²) in [5, 5.41) is 0. The average molecular weight is 352 g/mol. The number of esters is 1. The second-order valence-electron chi connectivity index (χ2n) is 7.99. The number of para-hydroxylation sites is 1. The molecule has 1 spiro atoms. The smallest absolute Gasteiger partial charge is 0.310 e. The number of hydrogen-bond donors (Lipinski definition) is 0. The molecule has 4 fully saturated rings. The van der Waals surface area contributed by atoms with Crippen molar-refractivity contribution in [1.82, 2.24) is 4.90 Å². The molecule has 1 saturated carbocycles. The van der Waals surface area contributed by atoms with Gasteiger partial charge in [-0.3, -0.25) is 14.5 Å². The number of allylic oxidation sites excluding steroid dienone is 1. The lowest BCUT2D eigenvalue weighted by Crippen LogP contribution is -2.71. The minimum atomic E-state index is -0.767. The predicted molar refractivity (Wildman–Crippen MR) is 97.8 cm³/mol. The van der Waals surface area contributed by atoms with Crippen LogP contribution >= 0.6 is 0 Å². The number of methoxy groups -OCH3 is 1. The molecule has 5 aliphatic rings. The van der Waals surface area contributed by atoms with Crippen molar-refractivity contribution in [2.45, 2.75) is 30.8 Å². The Labute approximate surface area is 153 Å². The fourth-order valence-corrected chi connectivity index (χ4v) is 6.71. The molecule has 3 saturated heterocycles. The standard InChI is InChI=1S/C21H24N2O3/c1-4-13-12-23-10-9-20-15-7-5-6-8-16(15)22(2)21(20,23)17(24)11-14(13)18(20)19(25)26-3/h4-8,14,18H,9-12H2,1-3H3/b13-4-/t14-,18+,20-,21-/m1/s1. The third-order valence-corrected chi connectivity index (χ3v) is 7.49. The number of ether oxygens (including phenoxy) is 1. The van der Waals surface area contributed by atoms with Crippen LogP contribution < -0.4 is 4.90 Å². The van der Waals surface area contributed by atoms with Gasteiger partial charge in [-0.15, -0.1) is 0 Å². The van der Waals surface area contributed by atoms with Crippen LogP contribution in [0.15, 0.2) is 35.9 Å². The molecule has 5 nitrogen and oxygen atoms in total. The van der Waals surface area contributed by atoms with Crippen LogP contribution in [0.3, 0.4) is 0 Å². The van der Waals surface area contributed by atoms with Crippen LogP contribution in [0.1, 0.15) is 25.3 Å². The molecule has 4 heterocycles. The summed E-state index contributed by atoms with van der Waals surface area (Å²) >= 11 is 0. The van der Waals surface area contributed by atoms with Crippen LogP contribution in [0.25, 0.3) is 0 Å². The number of rotatable bonds is 1. The van der Waals surface area contributed by atoms with Crippen molar-refractivity contribution in [3.63, 3.8) is 0 Å². The van der Waals surface area contributed by atoms with Crippen molar-refractivity contribution in [2.75, 3.05) is 32.1 Å². The van der Waals surface area contributed by atoms with Gasteiger partial charge in [0, 0.05) is 38.2 Å². The summed E-state index contributed by atoms with van der Waals surface area (Å²) in [6, 6.07) is 8.23. The van der Waals surface area contributed by atoms with Crippen LogP contribution in [-0.2, 0) is 19.7 Å². The SMILES string of the molecule is C/C=C1/CN2CC[C@]34c5ccccc5N(C)[C@]23C(=O)C[C@H]1[C@H]4C(=O)OC. The second kappa shape index (κ2) is 4.97. The summed E-state index contributed by atoms with van der Waals surface area (Å²) in [6.07, 6.45) is 3.33. The molecule has 136 valence electrons. The van der Waals surface area contributed by atoms with E-state index in [1.807, 2.05) is 26.1 Å². The molecular weight excluding hydrogens is 328 g/mol. The van der Waals surface area contributed by atoms with Crippen LogP contribution in [-0.4, -0.2) is 49.6 Å². The number of hydrogen-bond acceptors (Lipinski definition) is 5. The Hall–Kier alpha value is -2.14. The van der Waals surface area contributed by atoms with E-state index in [0.29, 0.717) is 6.42 Å². The number of anilines is 1. The van der Waals surface area contributed by atoms with Crippen molar-refractivity contribution >= 4 is 17.4 Å². The first-order valence-corrected chi connectivity index (χ1v) is 9.38. The van der Waals surface area contributed by atoms with Crippen LogP contribution in [0.4, 0.5) is 5.69 Å². The van der Waals surface area contributed by atoms with Gasteiger partial charge < -0.3 is 9.64 Å². The van der Waals surface area contributed by atoms with E-state index in [-0.39, 0.29) is 23.6 Å². The highest BCUT2D eigenvalue weighted by Crippen LogP contribution is 2.68. The third-order valence-electron chi connectivity index (χ3n) is 7.49. The molecule has 1 aliphatic carbocycles. The van der Waals surface area contributed by atoms with Gasteiger partial charge in [0.1, 0.15) is 0 Å². The lowest BCUT2D eigenvalue weighted by atomic mass is 9.54. The third kappa shape index (κ3) is 1.42. The quantitative estimate of drug-likeness (QED) is 0.572. The topological polar surface area (TPSA) is 49.9 Å². The Kier molecular flexibility index (Phi) is 3.07. The van der Waals surface area contributed by atoms with Gasteiger partial charge in [-0.25, -0.2) is 0 Å². The summed E-state index contributed by atoms with van der Waals surface area (Å²) in [4.78, 5) is 31.3. The first-order valence-electron chi connectivity index (χ1n) is 9.38. The number of carbonyl (C=O) groups excluding carboxylic acids is 2. The molecule has 26 heavy (non-hydrogen) atoms. The van der Waals surface area contributed by atoms with Gasteiger partial charge in [-0.1, -0.05) is 29.8 Å². The van der Waals surface area contributed by atoms with Gasteiger partial charge in [0.05, 0.1) is 18.4 Å². The lowest BCUT2D eigenvalue weighted by Gasteiger charge is -2.52. The Balaban J connectivity index is 1.90. The maximum atomic E-state index is 13.7. The maximum absolute atomic E-state index is 13.7. The number of fused-ring (bicyclic) bond motifs is 3. The number of ketones is 1. The van der Waals surface area contributed by atoms with E-state index in [0.717, 1.165) is 30.8 Å². The summed E-state index contributed by atoms with van der Waals surface area (Å²) in [5.41, 5.74) is 2.11. The van der Waals surface area contributed by atoms with Gasteiger partial charge >= 0.3 is 5.97 Å². The zero-order chi connectivity index (χ0) is 18.3. The highest BCUT2D eigenvalue weighted by Gasteiger charge is 2.79. The maximum Gasteiger partial charge on any atom is 0.310 e. The van der Waals surface area contributed by atoms with E-state index < -0.39 is 11.1 Å². The number of nitrogens with zero attached hydrogens (tertiary/aromatic N) is 2.